The Kier molecular flexibility index (Phi) is 2.96. The summed E-state index contributed by atoms with van der Waals surface area (Å²) in [5, 5.41) is 0. The van der Waals surface area contributed by atoms with Crippen molar-refractivity contribution in [3.05, 3.63) is 35.4 Å². The Labute approximate surface area is 112 Å². The Bertz CT molecular complexity index is 484. The summed E-state index contributed by atoms with van der Waals surface area (Å²) in [5.41, 5.74) is 1.96. The van der Waals surface area contributed by atoms with Gasteiger partial charge in [-0.25, -0.2) is 0 Å². The van der Waals surface area contributed by atoms with Gasteiger partial charge in [0.2, 0.25) is 5.78 Å². The molecule has 0 unspecified atom stereocenters. The molecule has 2 bridgehead atoms. The van der Waals surface area contributed by atoms with E-state index in [1.807, 2.05) is 38.1 Å². The van der Waals surface area contributed by atoms with Crippen LogP contribution >= 0.6 is 0 Å². The van der Waals surface area contributed by atoms with Crippen molar-refractivity contribution in [2.75, 3.05) is 19.8 Å². The summed E-state index contributed by atoms with van der Waals surface area (Å²) < 4.78 is 16.6. The van der Waals surface area contributed by atoms with E-state index < -0.39 is 5.97 Å². The number of ketones is 1. The van der Waals surface area contributed by atoms with Crippen molar-refractivity contribution in [1.29, 1.82) is 0 Å². The maximum atomic E-state index is 12.4. The van der Waals surface area contributed by atoms with Gasteiger partial charge in [-0.2, -0.15) is 0 Å². The van der Waals surface area contributed by atoms with E-state index in [4.69, 9.17) is 14.2 Å². The maximum Gasteiger partial charge on any atom is 0.347 e. The molecule has 3 saturated heterocycles. The third-order valence-corrected chi connectivity index (χ3v) is 3.62. The highest BCUT2D eigenvalue weighted by molar-refractivity contribution is 5.86. The maximum absolute atomic E-state index is 12.4. The van der Waals surface area contributed by atoms with E-state index in [1.54, 1.807) is 0 Å². The Morgan fingerprint density at radius 3 is 2.42 bits per heavy atom. The van der Waals surface area contributed by atoms with Crippen LogP contribution in [0.15, 0.2) is 24.3 Å². The van der Waals surface area contributed by atoms with Gasteiger partial charge in [-0.05, 0) is 12.5 Å². The van der Waals surface area contributed by atoms with Gasteiger partial charge >= 0.3 is 5.97 Å². The van der Waals surface area contributed by atoms with Crippen LogP contribution in [0.5, 0.6) is 0 Å². The van der Waals surface area contributed by atoms with Gasteiger partial charge in [0.1, 0.15) is 0 Å². The van der Waals surface area contributed by atoms with E-state index in [2.05, 4.69) is 0 Å². The number of ether oxygens (including phenoxy) is 3. The molecule has 1 aromatic carbocycles. The van der Waals surface area contributed by atoms with Crippen LogP contribution < -0.4 is 0 Å². The number of aryl methyl sites for hydroxylation is 1. The second-order valence-electron chi connectivity index (χ2n) is 5.82. The first-order valence-corrected chi connectivity index (χ1v) is 6.52. The molecule has 102 valence electrons. The van der Waals surface area contributed by atoms with Crippen LogP contribution in [0.1, 0.15) is 18.1 Å². The van der Waals surface area contributed by atoms with Gasteiger partial charge in [-0.3, -0.25) is 4.79 Å². The third-order valence-electron chi connectivity index (χ3n) is 3.62. The Hall–Kier alpha value is -1.23. The van der Waals surface area contributed by atoms with Gasteiger partial charge in [0.25, 0.3) is 0 Å². The number of fused-ring (bicyclic) bond motifs is 3. The smallest absolute Gasteiger partial charge is 0.320 e. The summed E-state index contributed by atoms with van der Waals surface area (Å²) >= 11 is 0. The lowest BCUT2D eigenvalue weighted by Crippen LogP contribution is -2.62. The normalized spacial score (nSPS) is 33.4. The molecule has 3 aliphatic rings. The molecule has 4 nitrogen and oxygen atoms in total. The second-order valence-corrected chi connectivity index (χ2v) is 5.82. The Morgan fingerprint density at radius 2 is 1.84 bits per heavy atom. The van der Waals surface area contributed by atoms with E-state index in [0.717, 1.165) is 11.1 Å². The van der Waals surface area contributed by atoms with E-state index in [-0.39, 0.29) is 17.6 Å². The number of carbonyl (C=O) groups is 1. The van der Waals surface area contributed by atoms with Crippen molar-refractivity contribution in [2.24, 2.45) is 5.41 Å². The predicted molar refractivity (Wildman–Crippen MR) is 68.6 cm³/mol. The summed E-state index contributed by atoms with van der Waals surface area (Å²) in [4.78, 5) is 12.4. The molecule has 0 radical (unpaired) electrons. The first-order chi connectivity index (χ1) is 9.01. The summed E-state index contributed by atoms with van der Waals surface area (Å²) in [7, 11) is 0. The predicted octanol–water partition coefficient (Wildman–Crippen LogP) is 1.84. The molecule has 0 spiro atoms. The van der Waals surface area contributed by atoms with Crippen LogP contribution in [-0.2, 0) is 25.4 Å². The van der Waals surface area contributed by atoms with E-state index in [1.165, 1.54) is 0 Å². The average molecular weight is 262 g/mol. The number of hydrogen-bond acceptors (Lipinski definition) is 4. The third kappa shape index (κ3) is 2.31. The van der Waals surface area contributed by atoms with Crippen LogP contribution in [0, 0.1) is 12.3 Å². The first kappa shape index (κ1) is 12.8. The zero-order chi connectivity index (χ0) is 13.5. The van der Waals surface area contributed by atoms with Crippen LogP contribution in [0.3, 0.4) is 0 Å². The largest absolute Gasteiger partial charge is 0.347 e. The fraction of sp³-hybridized carbons (Fsp3) is 0.533. The molecule has 0 saturated carbocycles. The summed E-state index contributed by atoms with van der Waals surface area (Å²) in [5.74, 6) is -1.64. The number of benzene rings is 1. The SMILES string of the molecule is Cc1cccc(CC(=O)C23OCC(C)(CO2)CO3)c1. The monoisotopic (exact) mass is 262 g/mol. The minimum Gasteiger partial charge on any atom is -0.320 e. The Balaban J connectivity index is 1.74. The number of Topliss-reactive ketones (excluding diaryl/α,β-unsaturated/α-hetero) is 1. The zero-order valence-corrected chi connectivity index (χ0v) is 11.3. The molecule has 3 heterocycles. The van der Waals surface area contributed by atoms with Crippen molar-refractivity contribution in [1.82, 2.24) is 0 Å². The number of carbonyl (C=O) groups excluding carboxylic acids is 1. The van der Waals surface area contributed by atoms with E-state index in [9.17, 15) is 4.79 Å². The molecule has 4 rings (SSSR count). The van der Waals surface area contributed by atoms with Crippen molar-refractivity contribution < 1.29 is 19.0 Å². The van der Waals surface area contributed by atoms with Crippen LogP contribution in [0.25, 0.3) is 0 Å². The van der Waals surface area contributed by atoms with Crippen LogP contribution in [0.4, 0.5) is 0 Å². The standard InChI is InChI=1S/C15H18O4/c1-11-4-3-5-12(6-11)7-13(16)15-17-8-14(2,9-18-15)10-19-15/h3-6H,7-10H2,1-2H3. The number of rotatable bonds is 3. The van der Waals surface area contributed by atoms with Crippen molar-refractivity contribution >= 4 is 5.78 Å². The van der Waals surface area contributed by atoms with Gasteiger partial charge in [0, 0.05) is 11.8 Å². The second kappa shape index (κ2) is 4.40. The molecule has 0 atom stereocenters. The van der Waals surface area contributed by atoms with E-state index in [0.29, 0.717) is 19.8 Å². The lowest BCUT2D eigenvalue weighted by molar-refractivity contribution is -0.439. The highest BCUT2D eigenvalue weighted by atomic mass is 16.9. The van der Waals surface area contributed by atoms with Gasteiger partial charge in [-0.15, -0.1) is 0 Å². The van der Waals surface area contributed by atoms with Crippen molar-refractivity contribution in [3.63, 3.8) is 0 Å². The minimum absolute atomic E-state index is 0.120. The molecular formula is C15H18O4. The quantitative estimate of drug-likeness (QED) is 0.834. The van der Waals surface area contributed by atoms with E-state index >= 15 is 0 Å². The highest BCUT2D eigenvalue weighted by Gasteiger charge is 2.54. The summed E-state index contributed by atoms with van der Waals surface area (Å²) in [6, 6.07) is 7.86. The molecular weight excluding hydrogens is 244 g/mol. The van der Waals surface area contributed by atoms with Gasteiger partial charge < -0.3 is 14.2 Å². The van der Waals surface area contributed by atoms with Crippen LogP contribution in [-0.4, -0.2) is 31.6 Å². The minimum atomic E-state index is -1.47. The molecule has 0 amide bonds. The molecule has 0 N–H and O–H groups in total. The zero-order valence-electron chi connectivity index (χ0n) is 11.3. The average Bonchev–Trinajstić information content (AvgIpc) is 2.40. The summed E-state index contributed by atoms with van der Waals surface area (Å²) in [6.07, 6.45) is 0.262. The molecule has 3 aliphatic heterocycles. The van der Waals surface area contributed by atoms with Crippen LogP contribution in [0.2, 0.25) is 0 Å². The molecule has 19 heavy (non-hydrogen) atoms. The first-order valence-electron chi connectivity index (χ1n) is 6.52. The fourth-order valence-electron chi connectivity index (χ4n) is 2.41. The number of hydrogen-bond donors (Lipinski definition) is 0. The lowest BCUT2D eigenvalue weighted by atomic mass is 9.91. The topological polar surface area (TPSA) is 44.8 Å². The Morgan fingerprint density at radius 1 is 1.21 bits per heavy atom. The highest BCUT2D eigenvalue weighted by Crippen LogP contribution is 2.38. The molecule has 0 aliphatic carbocycles. The molecule has 0 aromatic heterocycles. The summed E-state index contributed by atoms with van der Waals surface area (Å²) in [6.45, 7) is 5.55. The molecule has 1 aromatic rings. The van der Waals surface area contributed by atoms with Crippen molar-refractivity contribution in [3.8, 4) is 0 Å². The lowest BCUT2D eigenvalue weighted by Gasteiger charge is -2.49. The van der Waals surface area contributed by atoms with Gasteiger partial charge in [-0.1, -0.05) is 36.8 Å². The fourth-order valence-corrected chi connectivity index (χ4v) is 2.41. The van der Waals surface area contributed by atoms with Gasteiger partial charge in [0.15, 0.2) is 0 Å². The van der Waals surface area contributed by atoms with Gasteiger partial charge in [0.05, 0.1) is 19.8 Å². The molecule has 4 heteroatoms. The van der Waals surface area contributed by atoms with Crippen molar-refractivity contribution in [2.45, 2.75) is 26.2 Å². The molecule has 3 fully saturated rings.